The van der Waals surface area contributed by atoms with Crippen molar-refractivity contribution in [2.45, 2.75) is 31.5 Å². The molecule has 84 valence electrons. The Balaban J connectivity index is 2.70. The van der Waals surface area contributed by atoms with Crippen molar-refractivity contribution >= 4 is 27.7 Å². The lowest BCUT2D eigenvalue weighted by Gasteiger charge is -2.03. The summed E-state index contributed by atoms with van der Waals surface area (Å²) < 4.78 is 2.56. The van der Waals surface area contributed by atoms with E-state index in [0.717, 1.165) is 34.8 Å². The highest BCUT2D eigenvalue weighted by Gasteiger charge is 2.07. The van der Waals surface area contributed by atoms with Crippen molar-refractivity contribution in [2.75, 3.05) is 5.75 Å². The molecule has 0 aliphatic heterocycles. The fourth-order valence-corrected chi connectivity index (χ4v) is 2.14. The van der Waals surface area contributed by atoms with Crippen molar-refractivity contribution in [3.8, 4) is 0 Å². The fourth-order valence-electron chi connectivity index (χ4n) is 1.07. The predicted molar refractivity (Wildman–Crippen MR) is 66.5 cm³/mol. The monoisotopic (exact) mass is 291 g/mol. The average Bonchev–Trinajstić information content (AvgIpc) is 2.53. The van der Waals surface area contributed by atoms with Gasteiger partial charge in [-0.1, -0.05) is 47.6 Å². The van der Waals surface area contributed by atoms with Gasteiger partial charge in [0, 0.05) is 12.3 Å². The van der Waals surface area contributed by atoms with Gasteiger partial charge >= 0.3 is 5.69 Å². The van der Waals surface area contributed by atoms with Crippen molar-refractivity contribution in [1.29, 1.82) is 0 Å². The summed E-state index contributed by atoms with van der Waals surface area (Å²) >= 11 is 4.78. The van der Waals surface area contributed by atoms with E-state index in [2.05, 4.69) is 39.6 Å². The van der Waals surface area contributed by atoms with Crippen molar-refractivity contribution in [3.63, 3.8) is 0 Å². The largest absolute Gasteiger partial charge is 0.343 e. The first-order chi connectivity index (χ1) is 7.15. The van der Waals surface area contributed by atoms with Crippen LogP contribution in [0.2, 0.25) is 0 Å². The molecule has 15 heavy (non-hydrogen) atoms. The van der Waals surface area contributed by atoms with Gasteiger partial charge in [0.15, 0.2) is 5.16 Å². The van der Waals surface area contributed by atoms with E-state index in [1.807, 2.05) is 0 Å². The molecule has 0 amide bonds. The molecule has 6 heteroatoms. The number of thioether (sulfide) groups is 1. The van der Waals surface area contributed by atoms with E-state index in [9.17, 15) is 4.79 Å². The Bertz CT molecular complexity index is 385. The summed E-state index contributed by atoms with van der Waals surface area (Å²) in [5.74, 6) is 0.719. The van der Waals surface area contributed by atoms with Crippen molar-refractivity contribution in [1.82, 2.24) is 14.8 Å². The van der Waals surface area contributed by atoms with Crippen molar-refractivity contribution in [2.24, 2.45) is 0 Å². The van der Waals surface area contributed by atoms with Crippen LogP contribution in [0.4, 0.5) is 0 Å². The number of hydrogen-bond acceptors (Lipinski definition) is 3. The Morgan fingerprint density at radius 3 is 3.07 bits per heavy atom. The zero-order valence-corrected chi connectivity index (χ0v) is 11.0. The van der Waals surface area contributed by atoms with Gasteiger partial charge in [0.1, 0.15) is 0 Å². The topological polar surface area (TPSA) is 50.7 Å². The zero-order valence-electron chi connectivity index (χ0n) is 8.62. The lowest BCUT2D eigenvalue weighted by Crippen LogP contribution is -2.17. The number of aromatic amines is 1. The third-order valence-corrected chi connectivity index (χ3v) is 3.53. The maximum Gasteiger partial charge on any atom is 0.343 e. The minimum Gasteiger partial charge on any atom is -0.270 e. The normalized spacial score (nSPS) is 10.5. The van der Waals surface area contributed by atoms with E-state index in [1.54, 1.807) is 4.57 Å². The van der Waals surface area contributed by atoms with E-state index in [1.165, 1.54) is 11.8 Å². The number of H-pyrrole nitrogens is 1. The van der Waals surface area contributed by atoms with E-state index < -0.39 is 0 Å². The molecule has 0 fully saturated rings. The average molecular weight is 292 g/mol. The molecule has 1 rings (SSSR count). The highest BCUT2D eigenvalue weighted by atomic mass is 79.9. The molecular weight excluding hydrogens is 278 g/mol. The van der Waals surface area contributed by atoms with Gasteiger partial charge in [-0.3, -0.25) is 4.57 Å². The highest BCUT2D eigenvalue weighted by Crippen LogP contribution is 2.18. The molecule has 0 aliphatic carbocycles. The molecule has 4 nitrogen and oxygen atoms in total. The first-order valence-corrected chi connectivity index (χ1v) is 6.54. The summed E-state index contributed by atoms with van der Waals surface area (Å²) in [6, 6.07) is 0. The third-order valence-electron chi connectivity index (χ3n) is 1.82. The minimum absolute atomic E-state index is 0.133. The number of aromatic nitrogens is 3. The summed E-state index contributed by atoms with van der Waals surface area (Å²) in [7, 11) is 0. The molecule has 0 unspecified atom stereocenters. The number of nitrogens with zero attached hydrogens (tertiary/aromatic N) is 2. The molecule has 1 N–H and O–H groups in total. The van der Waals surface area contributed by atoms with Crippen LogP contribution in [0.1, 0.15) is 19.8 Å². The van der Waals surface area contributed by atoms with Gasteiger partial charge in [-0.05, 0) is 10.9 Å². The Hall–Kier alpha value is -0.490. The molecule has 0 saturated heterocycles. The minimum atomic E-state index is -0.133. The molecule has 1 aromatic rings. The van der Waals surface area contributed by atoms with Crippen LogP contribution in [-0.4, -0.2) is 20.5 Å². The van der Waals surface area contributed by atoms with Crippen LogP contribution in [0, 0.1) is 0 Å². The number of nitrogens with one attached hydrogen (secondary N) is 1. The number of hydrogen-bond donors (Lipinski definition) is 1. The molecule has 0 radical (unpaired) electrons. The van der Waals surface area contributed by atoms with Crippen LogP contribution in [0.5, 0.6) is 0 Å². The van der Waals surface area contributed by atoms with Crippen LogP contribution in [-0.2, 0) is 6.54 Å². The molecule has 0 atom stereocenters. The molecule has 0 aliphatic rings. The van der Waals surface area contributed by atoms with Gasteiger partial charge in [-0.15, -0.1) is 5.10 Å². The number of halogens is 1. The van der Waals surface area contributed by atoms with Gasteiger partial charge in [-0.25, -0.2) is 9.89 Å². The van der Waals surface area contributed by atoms with E-state index in [0.29, 0.717) is 0 Å². The SMILES string of the molecule is C=C(Br)CSc1n[nH]c(=O)n1CCCC. The quantitative estimate of drug-likeness (QED) is 0.819. The first-order valence-electron chi connectivity index (χ1n) is 4.76. The van der Waals surface area contributed by atoms with Gasteiger partial charge in [0.2, 0.25) is 0 Å². The van der Waals surface area contributed by atoms with Gasteiger partial charge in [0.25, 0.3) is 0 Å². The van der Waals surface area contributed by atoms with Crippen LogP contribution < -0.4 is 5.69 Å². The predicted octanol–water partition coefficient (Wildman–Crippen LogP) is 2.37. The highest BCUT2D eigenvalue weighted by molar-refractivity contribution is 9.11. The maximum absolute atomic E-state index is 11.4. The van der Waals surface area contributed by atoms with Crippen LogP contribution in [0.25, 0.3) is 0 Å². The van der Waals surface area contributed by atoms with Crippen LogP contribution in [0.3, 0.4) is 0 Å². The molecule has 0 saturated carbocycles. The summed E-state index contributed by atoms with van der Waals surface area (Å²) in [4.78, 5) is 11.4. The second-order valence-electron chi connectivity index (χ2n) is 3.12. The van der Waals surface area contributed by atoms with Gasteiger partial charge in [0.05, 0.1) is 0 Å². The molecule has 1 aromatic heterocycles. The molecular formula is C9H14BrN3OS. The summed E-state index contributed by atoms with van der Waals surface area (Å²) in [6.45, 7) is 6.56. The lowest BCUT2D eigenvalue weighted by molar-refractivity contribution is 0.573. The summed E-state index contributed by atoms with van der Waals surface area (Å²) in [5, 5.41) is 7.16. The van der Waals surface area contributed by atoms with E-state index in [4.69, 9.17) is 0 Å². The van der Waals surface area contributed by atoms with Crippen LogP contribution in [0.15, 0.2) is 21.0 Å². The Morgan fingerprint density at radius 1 is 1.73 bits per heavy atom. The summed E-state index contributed by atoms with van der Waals surface area (Å²) in [5.41, 5.74) is -0.133. The molecule has 0 aromatic carbocycles. The second kappa shape index (κ2) is 6.17. The Labute approximate surface area is 101 Å². The van der Waals surface area contributed by atoms with Crippen LogP contribution >= 0.6 is 27.7 Å². The van der Waals surface area contributed by atoms with Crippen molar-refractivity contribution in [3.05, 3.63) is 21.5 Å². The Kier molecular flexibility index (Phi) is 5.17. The van der Waals surface area contributed by atoms with Gasteiger partial charge < -0.3 is 0 Å². The standard InChI is InChI=1S/C9H14BrN3OS/c1-3-4-5-13-8(14)11-12-9(13)15-6-7(2)10/h2-6H2,1H3,(H,11,14). The fraction of sp³-hybridized carbons (Fsp3) is 0.556. The number of unbranched alkanes of at least 4 members (excludes halogenated alkanes) is 1. The third kappa shape index (κ3) is 3.87. The second-order valence-corrected chi connectivity index (χ2v) is 5.19. The molecule has 0 bridgehead atoms. The molecule has 0 spiro atoms. The maximum atomic E-state index is 11.4. The molecule has 1 heterocycles. The first kappa shape index (κ1) is 12.6. The zero-order chi connectivity index (χ0) is 11.3. The Morgan fingerprint density at radius 2 is 2.47 bits per heavy atom. The number of rotatable bonds is 6. The summed E-state index contributed by atoms with van der Waals surface area (Å²) in [6.07, 6.45) is 2.05. The smallest absolute Gasteiger partial charge is 0.270 e. The lowest BCUT2D eigenvalue weighted by atomic mass is 10.3. The van der Waals surface area contributed by atoms with E-state index in [-0.39, 0.29) is 5.69 Å². The van der Waals surface area contributed by atoms with Crippen molar-refractivity contribution < 1.29 is 0 Å². The van der Waals surface area contributed by atoms with E-state index >= 15 is 0 Å². The van der Waals surface area contributed by atoms with Gasteiger partial charge in [-0.2, -0.15) is 0 Å².